The molecule has 0 saturated heterocycles. The lowest BCUT2D eigenvalue weighted by Crippen LogP contribution is -2.11. The van der Waals surface area contributed by atoms with Crippen LogP contribution in [0.15, 0.2) is 42.6 Å². The van der Waals surface area contributed by atoms with Gasteiger partial charge in [-0.1, -0.05) is 23.8 Å². The minimum atomic E-state index is 0.294. The van der Waals surface area contributed by atoms with Crippen molar-refractivity contribution in [3.8, 4) is 0 Å². The van der Waals surface area contributed by atoms with Crippen molar-refractivity contribution < 1.29 is 0 Å². The molecule has 2 aromatic rings. The average Bonchev–Trinajstić information content (AvgIpc) is 2.33. The standard InChI is InChI=1S/C12H10ClN3S/c13-8-1-3-9(4-2-8)16-10-5-6-11(12(14)17)15-7-10/h1-7,16H,(H2,14,17). The van der Waals surface area contributed by atoms with E-state index in [1.165, 1.54) is 0 Å². The third-order valence-corrected chi connectivity index (χ3v) is 2.61. The Kier molecular flexibility index (Phi) is 3.56. The van der Waals surface area contributed by atoms with Crippen molar-refractivity contribution in [3.05, 3.63) is 53.3 Å². The first kappa shape index (κ1) is 11.8. The molecule has 17 heavy (non-hydrogen) atoms. The molecular weight excluding hydrogens is 254 g/mol. The summed E-state index contributed by atoms with van der Waals surface area (Å²) in [5.74, 6) is 0. The molecule has 1 aromatic carbocycles. The molecule has 0 saturated carbocycles. The van der Waals surface area contributed by atoms with Crippen LogP contribution in [0, 0.1) is 0 Å². The molecule has 0 amide bonds. The summed E-state index contributed by atoms with van der Waals surface area (Å²) < 4.78 is 0. The lowest BCUT2D eigenvalue weighted by atomic mass is 10.3. The summed E-state index contributed by atoms with van der Waals surface area (Å²) in [6.07, 6.45) is 1.68. The maximum atomic E-state index is 5.80. The largest absolute Gasteiger partial charge is 0.388 e. The number of benzene rings is 1. The number of hydrogen-bond acceptors (Lipinski definition) is 3. The van der Waals surface area contributed by atoms with Gasteiger partial charge < -0.3 is 11.1 Å². The van der Waals surface area contributed by atoms with Crippen LogP contribution in [0.3, 0.4) is 0 Å². The van der Waals surface area contributed by atoms with Crippen LogP contribution in [-0.4, -0.2) is 9.97 Å². The Morgan fingerprint density at radius 1 is 1.12 bits per heavy atom. The molecule has 2 rings (SSSR count). The van der Waals surface area contributed by atoms with Crippen LogP contribution < -0.4 is 11.1 Å². The number of rotatable bonds is 3. The molecule has 0 fully saturated rings. The number of thiocarbonyl (C=S) groups is 1. The molecule has 1 aromatic heterocycles. The third-order valence-electron chi connectivity index (χ3n) is 2.15. The van der Waals surface area contributed by atoms with Crippen LogP contribution in [0.2, 0.25) is 5.02 Å². The van der Waals surface area contributed by atoms with Crippen molar-refractivity contribution in [2.24, 2.45) is 5.73 Å². The number of halogens is 1. The van der Waals surface area contributed by atoms with Crippen molar-refractivity contribution in [3.63, 3.8) is 0 Å². The molecule has 86 valence electrons. The van der Waals surface area contributed by atoms with E-state index in [0.717, 1.165) is 11.4 Å². The highest BCUT2D eigenvalue weighted by atomic mass is 35.5. The van der Waals surface area contributed by atoms with E-state index in [2.05, 4.69) is 10.3 Å². The topological polar surface area (TPSA) is 50.9 Å². The highest BCUT2D eigenvalue weighted by Gasteiger charge is 1.99. The van der Waals surface area contributed by atoms with Gasteiger partial charge in [-0.15, -0.1) is 0 Å². The minimum Gasteiger partial charge on any atom is -0.388 e. The van der Waals surface area contributed by atoms with Gasteiger partial charge in [-0.3, -0.25) is 4.98 Å². The number of aromatic nitrogens is 1. The summed E-state index contributed by atoms with van der Waals surface area (Å²) in [5.41, 5.74) is 7.89. The van der Waals surface area contributed by atoms with Crippen LogP contribution in [-0.2, 0) is 0 Å². The molecule has 5 heteroatoms. The second kappa shape index (κ2) is 5.12. The lowest BCUT2D eigenvalue weighted by molar-refractivity contribution is 1.29. The van der Waals surface area contributed by atoms with Gasteiger partial charge in [-0.2, -0.15) is 0 Å². The number of nitrogens with zero attached hydrogens (tertiary/aromatic N) is 1. The van der Waals surface area contributed by atoms with Gasteiger partial charge in [-0.25, -0.2) is 0 Å². The second-order valence-corrected chi connectivity index (χ2v) is 4.30. The van der Waals surface area contributed by atoms with E-state index >= 15 is 0 Å². The first-order chi connectivity index (χ1) is 8.15. The molecule has 0 spiro atoms. The molecule has 3 N–H and O–H groups in total. The Bertz CT molecular complexity index is 522. The molecule has 0 unspecified atom stereocenters. The van der Waals surface area contributed by atoms with Crippen molar-refractivity contribution in [1.29, 1.82) is 0 Å². The molecule has 0 aliphatic rings. The molecular formula is C12H10ClN3S. The minimum absolute atomic E-state index is 0.294. The molecule has 0 aliphatic heterocycles. The van der Waals surface area contributed by atoms with Crippen molar-refractivity contribution >= 4 is 40.2 Å². The van der Waals surface area contributed by atoms with Gasteiger partial charge in [0.25, 0.3) is 0 Å². The molecule has 0 aliphatic carbocycles. The van der Waals surface area contributed by atoms with Crippen LogP contribution in [0.4, 0.5) is 11.4 Å². The summed E-state index contributed by atoms with van der Waals surface area (Å²) in [6.45, 7) is 0. The summed E-state index contributed by atoms with van der Waals surface area (Å²) in [5, 5.41) is 3.90. The van der Waals surface area contributed by atoms with Gasteiger partial charge >= 0.3 is 0 Å². The maximum Gasteiger partial charge on any atom is 0.122 e. The number of nitrogens with two attached hydrogens (primary N) is 1. The van der Waals surface area contributed by atoms with Crippen LogP contribution >= 0.6 is 23.8 Å². The van der Waals surface area contributed by atoms with E-state index in [4.69, 9.17) is 29.6 Å². The van der Waals surface area contributed by atoms with Crippen LogP contribution in [0.5, 0.6) is 0 Å². The summed E-state index contributed by atoms with van der Waals surface area (Å²) in [6, 6.07) is 11.1. The van der Waals surface area contributed by atoms with Gasteiger partial charge in [0.2, 0.25) is 0 Å². The molecule has 0 bridgehead atoms. The van der Waals surface area contributed by atoms with Crippen LogP contribution in [0.1, 0.15) is 5.69 Å². The Labute approximate surface area is 110 Å². The van der Waals surface area contributed by atoms with E-state index in [9.17, 15) is 0 Å². The zero-order valence-electron chi connectivity index (χ0n) is 8.85. The van der Waals surface area contributed by atoms with E-state index < -0.39 is 0 Å². The smallest absolute Gasteiger partial charge is 0.122 e. The summed E-state index contributed by atoms with van der Waals surface area (Å²) in [4.78, 5) is 4.43. The van der Waals surface area contributed by atoms with Crippen molar-refractivity contribution in [1.82, 2.24) is 4.98 Å². The molecule has 0 atom stereocenters. The van der Waals surface area contributed by atoms with Gasteiger partial charge in [0.05, 0.1) is 17.6 Å². The first-order valence-electron chi connectivity index (χ1n) is 4.93. The van der Waals surface area contributed by atoms with Gasteiger partial charge in [0.15, 0.2) is 0 Å². The average molecular weight is 264 g/mol. The van der Waals surface area contributed by atoms with E-state index in [1.807, 2.05) is 30.3 Å². The Morgan fingerprint density at radius 3 is 2.29 bits per heavy atom. The quantitative estimate of drug-likeness (QED) is 0.836. The Morgan fingerprint density at radius 2 is 1.76 bits per heavy atom. The van der Waals surface area contributed by atoms with E-state index in [-0.39, 0.29) is 0 Å². The Balaban J connectivity index is 2.13. The third kappa shape index (κ3) is 3.15. The summed E-state index contributed by atoms with van der Waals surface area (Å²) in [7, 11) is 0. The molecule has 1 heterocycles. The molecule has 0 radical (unpaired) electrons. The van der Waals surface area contributed by atoms with Crippen molar-refractivity contribution in [2.45, 2.75) is 0 Å². The predicted octanol–water partition coefficient (Wildman–Crippen LogP) is 3.11. The fourth-order valence-corrected chi connectivity index (χ4v) is 1.56. The highest BCUT2D eigenvalue weighted by Crippen LogP contribution is 2.18. The monoisotopic (exact) mass is 263 g/mol. The number of nitrogens with one attached hydrogen (secondary N) is 1. The zero-order valence-corrected chi connectivity index (χ0v) is 10.4. The number of pyridine rings is 1. The van der Waals surface area contributed by atoms with E-state index in [0.29, 0.717) is 15.7 Å². The maximum absolute atomic E-state index is 5.80. The van der Waals surface area contributed by atoms with Gasteiger partial charge in [-0.05, 0) is 36.4 Å². The SMILES string of the molecule is NC(=S)c1ccc(Nc2ccc(Cl)cc2)cn1. The van der Waals surface area contributed by atoms with Gasteiger partial charge in [0, 0.05) is 10.7 Å². The highest BCUT2D eigenvalue weighted by molar-refractivity contribution is 7.80. The van der Waals surface area contributed by atoms with E-state index in [1.54, 1.807) is 12.3 Å². The number of hydrogen-bond donors (Lipinski definition) is 2. The molecule has 3 nitrogen and oxygen atoms in total. The second-order valence-electron chi connectivity index (χ2n) is 3.43. The zero-order chi connectivity index (χ0) is 12.3. The number of anilines is 2. The normalized spacial score (nSPS) is 9.94. The predicted molar refractivity (Wildman–Crippen MR) is 74.9 cm³/mol. The first-order valence-corrected chi connectivity index (χ1v) is 5.72. The fraction of sp³-hybridized carbons (Fsp3) is 0. The van der Waals surface area contributed by atoms with Gasteiger partial charge in [0.1, 0.15) is 4.99 Å². The van der Waals surface area contributed by atoms with Crippen molar-refractivity contribution in [2.75, 3.05) is 5.32 Å². The lowest BCUT2D eigenvalue weighted by Gasteiger charge is -2.06. The summed E-state index contributed by atoms with van der Waals surface area (Å²) >= 11 is 10.6. The fourth-order valence-electron chi connectivity index (χ4n) is 1.31. The Hall–Kier alpha value is -1.65. The van der Waals surface area contributed by atoms with Crippen LogP contribution in [0.25, 0.3) is 0 Å².